The molecule has 0 unspecified atom stereocenters. The summed E-state index contributed by atoms with van der Waals surface area (Å²) in [4.78, 5) is 3.53. The lowest BCUT2D eigenvalue weighted by atomic mass is 10.2. The number of aryl methyl sites for hydroxylation is 1. The molecule has 0 aliphatic heterocycles. The summed E-state index contributed by atoms with van der Waals surface area (Å²) >= 11 is 5.72. The molecule has 0 atom stereocenters. The van der Waals surface area contributed by atoms with E-state index in [0.29, 0.717) is 16.1 Å². The van der Waals surface area contributed by atoms with Crippen molar-refractivity contribution in [2.75, 3.05) is 0 Å². The molecule has 5 heteroatoms. The quantitative estimate of drug-likeness (QED) is 0.678. The highest BCUT2D eigenvalue weighted by atomic mass is 35.5. The highest BCUT2D eigenvalue weighted by Gasteiger charge is 2.08. The van der Waals surface area contributed by atoms with Gasteiger partial charge in [-0.2, -0.15) is 9.49 Å². The van der Waals surface area contributed by atoms with Crippen molar-refractivity contribution in [2.45, 2.75) is 0 Å². The SMILES string of the molecule is Cn1cc(-c2cc(Cl)cnc2F)cn1. The van der Waals surface area contributed by atoms with Gasteiger partial charge in [-0.25, -0.2) is 4.98 Å². The summed E-state index contributed by atoms with van der Waals surface area (Å²) in [6, 6.07) is 1.53. The third kappa shape index (κ3) is 1.61. The molecule has 0 saturated carbocycles. The van der Waals surface area contributed by atoms with E-state index in [4.69, 9.17) is 11.6 Å². The van der Waals surface area contributed by atoms with Gasteiger partial charge in [-0.15, -0.1) is 0 Å². The van der Waals surface area contributed by atoms with Crippen molar-refractivity contribution < 1.29 is 4.39 Å². The van der Waals surface area contributed by atoms with Crippen LogP contribution in [0, 0.1) is 5.95 Å². The van der Waals surface area contributed by atoms with Gasteiger partial charge >= 0.3 is 0 Å². The van der Waals surface area contributed by atoms with E-state index in [2.05, 4.69) is 10.1 Å². The molecule has 0 radical (unpaired) electrons. The first-order valence-electron chi connectivity index (χ1n) is 3.97. The van der Waals surface area contributed by atoms with Gasteiger partial charge in [0.15, 0.2) is 0 Å². The van der Waals surface area contributed by atoms with Gasteiger partial charge in [0.05, 0.1) is 11.2 Å². The maximum Gasteiger partial charge on any atom is 0.220 e. The van der Waals surface area contributed by atoms with Crippen LogP contribution in [0.4, 0.5) is 4.39 Å². The second-order valence-corrected chi connectivity index (χ2v) is 3.33. The van der Waals surface area contributed by atoms with Gasteiger partial charge in [0.25, 0.3) is 0 Å². The van der Waals surface area contributed by atoms with Crippen molar-refractivity contribution in [2.24, 2.45) is 7.05 Å². The molecule has 0 spiro atoms. The Labute approximate surface area is 85.1 Å². The first kappa shape index (κ1) is 9.15. The zero-order valence-electron chi connectivity index (χ0n) is 7.41. The molecule has 0 aliphatic carbocycles. The molecule has 0 fully saturated rings. The van der Waals surface area contributed by atoms with E-state index in [1.165, 1.54) is 12.3 Å². The minimum Gasteiger partial charge on any atom is -0.275 e. The maximum atomic E-state index is 13.3. The summed E-state index contributed by atoms with van der Waals surface area (Å²) in [6.45, 7) is 0. The van der Waals surface area contributed by atoms with Crippen molar-refractivity contribution in [1.29, 1.82) is 0 Å². The molecule has 2 aromatic rings. The van der Waals surface area contributed by atoms with E-state index in [-0.39, 0.29) is 0 Å². The lowest BCUT2D eigenvalue weighted by molar-refractivity contribution is 0.587. The highest BCUT2D eigenvalue weighted by Crippen LogP contribution is 2.23. The third-order valence-corrected chi connectivity index (χ3v) is 2.03. The molecule has 2 aromatic heterocycles. The number of rotatable bonds is 1. The second-order valence-electron chi connectivity index (χ2n) is 2.89. The average molecular weight is 212 g/mol. The number of hydrogen-bond acceptors (Lipinski definition) is 2. The molecule has 0 bridgehead atoms. The first-order chi connectivity index (χ1) is 6.66. The van der Waals surface area contributed by atoms with Crippen molar-refractivity contribution >= 4 is 11.6 Å². The first-order valence-corrected chi connectivity index (χ1v) is 4.34. The predicted octanol–water partition coefficient (Wildman–Crippen LogP) is 2.27. The Morgan fingerprint density at radius 2 is 2.21 bits per heavy atom. The number of nitrogens with zero attached hydrogens (tertiary/aromatic N) is 3. The van der Waals surface area contributed by atoms with Crippen LogP contribution in [0.1, 0.15) is 0 Å². The molecule has 0 saturated heterocycles. The number of aromatic nitrogens is 3. The minimum absolute atomic E-state index is 0.366. The summed E-state index contributed by atoms with van der Waals surface area (Å²) < 4.78 is 14.9. The topological polar surface area (TPSA) is 30.7 Å². The van der Waals surface area contributed by atoms with Crippen LogP contribution in [0.2, 0.25) is 5.02 Å². The molecule has 3 nitrogen and oxygen atoms in total. The molecule has 0 aliphatic rings. The molecule has 0 aromatic carbocycles. The lowest BCUT2D eigenvalue weighted by Gasteiger charge is -1.98. The Hall–Kier alpha value is -1.42. The van der Waals surface area contributed by atoms with E-state index < -0.39 is 5.95 Å². The fraction of sp³-hybridized carbons (Fsp3) is 0.111. The van der Waals surface area contributed by atoms with Crippen LogP contribution >= 0.6 is 11.6 Å². The largest absolute Gasteiger partial charge is 0.275 e. The number of halogens is 2. The van der Waals surface area contributed by atoms with Gasteiger partial charge in [-0.3, -0.25) is 4.68 Å². The molecule has 2 heterocycles. The molecule has 2 rings (SSSR count). The van der Waals surface area contributed by atoms with Crippen molar-refractivity contribution in [3.8, 4) is 11.1 Å². The van der Waals surface area contributed by atoms with Crippen LogP contribution in [0.5, 0.6) is 0 Å². The van der Waals surface area contributed by atoms with Crippen LogP contribution in [-0.2, 0) is 7.05 Å². The fourth-order valence-corrected chi connectivity index (χ4v) is 1.34. The predicted molar refractivity (Wildman–Crippen MR) is 51.4 cm³/mol. The molecule has 0 amide bonds. The van der Waals surface area contributed by atoms with E-state index in [1.807, 2.05) is 0 Å². The fourth-order valence-electron chi connectivity index (χ4n) is 1.19. The Kier molecular flexibility index (Phi) is 2.21. The van der Waals surface area contributed by atoms with Gasteiger partial charge in [0, 0.05) is 30.6 Å². The Bertz CT molecular complexity index is 467. The highest BCUT2D eigenvalue weighted by molar-refractivity contribution is 6.30. The van der Waals surface area contributed by atoms with Crippen molar-refractivity contribution in [1.82, 2.24) is 14.8 Å². The monoisotopic (exact) mass is 211 g/mol. The Balaban J connectivity index is 2.55. The lowest BCUT2D eigenvalue weighted by Crippen LogP contribution is -1.87. The minimum atomic E-state index is -0.539. The Morgan fingerprint density at radius 3 is 2.86 bits per heavy atom. The normalized spacial score (nSPS) is 10.5. The van der Waals surface area contributed by atoms with E-state index in [0.717, 1.165) is 0 Å². The van der Waals surface area contributed by atoms with E-state index in [1.54, 1.807) is 24.1 Å². The Morgan fingerprint density at radius 1 is 1.43 bits per heavy atom. The molecule has 72 valence electrons. The van der Waals surface area contributed by atoms with Gasteiger partial charge in [0.1, 0.15) is 0 Å². The summed E-state index contributed by atoms with van der Waals surface area (Å²) in [7, 11) is 1.76. The molecular formula is C9H7ClFN3. The summed E-state index contributed by atoms with van der Waals surface area (Å²) in [6.07, 6.45) is 4.55. The summed E-state index contributed by atoms with van der Waals surface area (Å²) in [5.41, 5.74) is 1.03. The summed E-state index contributed by atoms with van der Waals surface area (Å²) in [5.74, 6) is -0.539. The zero-order chi connectivity index (χ0) is 10.1. The van der Waals surface area contributed by atoms with Crippen LogP contribution in [0.3, 0.4) is 0 Å². The third-order valence-electron chi connectivity index (χ3n) is 1.82. The van der Waals surface area contributed by atoms with E-state index in [9.17, 15) is 4.39 Å². The van der Waals surface area contributed by atoms with Crippen LogP contribution in [-0.4, -0.2) is 14.8 Å². The zero-order valence-corrected chi connectivity index (χ0v) is 8.16. The van der Waals surface area contributed by atoms with Crippen LogP contribution in [0.15, 0.2) is 24.7 Å². The van der Waals surface area contributed by atoms with Crippen molar-refractivity contribution in [3.63, 3.8) is 0 Å². The van der Waals surface area contributed by atoms with Gasteiger partial charge in [0.2, 0.25) is 5.95 Å². The smallest absolute Gasteiger partial charge is 0.220 e. The molecule has 14 heavy (non-hydrogen) atoms. The van der Waals surface area contributed by atoms with Gasteiger partial charge in [-0.1, -0.05) is 11.6 Å². The van der Waals surface area contributed by atoms with E-state index >= 15 is 0 Å². The standard InChI is InChI=1S/C9H7ClFN3/c1-14-5-6(3-13-14)8-2-7(10)4-12-9(8)11/h2-5H,1H3. The number of pyridine rings is 1. The average Bonchev–Trinajstić information content (AvgIpc) is 2.56. The summed E-state index contributed by atoms with van der Waals surface area (Å²) in [5, 5.41) is 4.35. The maximum absolute atomic E-state index is 13.3. The molecule has 0 N–H and O–H groups in total. The van der Waals surface area contributed by atoms with Crippen molar-refractivity contribution in [3.05, 3.63) is 35.6 Å². The van der Waals surface area contributed by atoms with Crippen LogP contribution < -0.4 is 0 Å². The van der Waals surface area contributed by atoms with Crippen LogP contribution in [0.25, 0.3) is 11.1 Å². The second kappa shape index (κ2) is 3.38. The molecular weight excluding hydrogens is 205 g/mol. The van der Waals surface area contributed by atoms with Gasteiger partial charge in [-0.05, 0) is 6.07 Å². The number of hydrogen-bond donors (Lipinski definition) is 0. The van der Waals surface area contributed by atoms with Gasteiger partial charge < -0.3 is 0 Å².